The minimum absolute atomic E-state index is 0.0506. The van der Waals surface area contributed by atoms with E-state index in [9.17, 15) is 9.59 Å². The zero-order valence-electron chi connectivity index (χ0n) is 12.5. The van der Waals surface area contributed by atoms with Gasteiger partial charge in [0.25, 0.3) is 0 Å². The van der Waals surface area contributed by atoms with E-state index in [1.165, 1.54) is 30.3 Å². The highest BCUT2D eigenvalue weighted by Gasteiger charge is 2.23. The molecule has 1 aromatic rings. The smallest absolute Gasteiger partial charge is 0.348 e. The van der Waals surface area contributed by atoms with Gasteiger partial charge in [0.2, 0.25) is 5.91 Å². The van der Waals surface area contributed by atoms with Gasteiger partial charge in [0.1, 0.15) is 6.54 Å². The van der Waals surface area contributed by atoms with Crippen molar-refractivity contribution in [1.29, 1.82) is 0 Å². The second kappa shape index (κ2) is 6.20. The van der Waals surface area contributed by atoms with Crippen LogP contribution in [0.15, 0.2) is 10.9 Å². The van der Waals surface area contributed by atoms with Crippen molar-refractivity contribution in [2.24, 2.45) is 5.92 Å². The number of aryl methyl sites for hydroxylation is 2. The van der Waals surface area contributed by atoms with Crippen LogP contribution >= 0.6 is 0 Å². The van der Waals surface area contributed by atoms with E-state index in [1.807, 2.05) is 13.0 Å². The molecular weight excluding hydrogens is 254 g/mol. The molecule has 1 fully saturated rings. The van der Waals surface area contributed by atoms with Gasteiger partial charge in [0, 0.05) is 17.4 Å². The summed E-state index contributed by atoms with van der Waals surface area (Å²) in [5.74, 6) is 0.466. The van der Waals surface area contributed by atoms with Crippen molar-refractivity contribution < 1.29 is 4.79 Å². The van der Waals surface area contributed by atoms with Crippen LogP contribution in [0.1, 0.15) is 44.0 Å². The Morgan fingerprint density at radius 1 is 1.45 bits per heavy atom. The highest BCUT2D eigenvalue weighted by atomic mass is 16.2. The highest BCUT2D eigenvalue weighted by molar-refractivity contribution is 5.76. The number of carbonyl (C=O) groups is 1. The minimum Gasteiger partial charge on any atom is -0.352 e. The van der Waals surface area contributed by atoms with E-state index in [0.29, 0.717) is 11.6 Å². The Balaban J connectivity index is 1.99. The average Bonchev–Trinajstić information content (AvgIpc) is 2.87. The highest BCUT2D eigenvalue weighted by Crippen LogP contribution is 2.27. The van der Waals surface area contributed by atoms with Gasteiger partial charge in [-0.25, -0.2) is 4.79 Å². The van der Waals surface area contributed by atoms with Crippen molar-refractivity contribution in [2.75, 3.05) is 0 Å². The second-order valence-electron chi connectivity index (χ2n) is 5.81. The molecule has 1 heterocycles. The first-order chi connectivity index (χ1) is 9.47. The number of rotatable bonds is 4. The zero-order chi connectivity index (χ0) is 14.7. The number of hydrogen-bond acceptors (Lipinski definition) is 3. The number of hydrogen-bond donors (Lipinski definition) is 1. The summed E-state index contributed by atoms with van der Waals surface area (Å²) in [5, 5.41) is 3.01. The Hall–Kier alpha value is -1.65. The van der Waals surface area contributed by atoms with Crippen LogP contribution in [-0.2, 0) is 11.3 Å². The molecule has 5 nitrogen and oxygen atoms in total. The van der Waals surface area contributed by atoms with E-state index in [0.717, 1.165) is 5.69 Å². The topological polar surface area (TPSA) is 64.0 Å². The summed E-state index contributed by atoms with van der Waals surface area (Å²) in [4.78, 5) is 27.8. The fourth-order valence-corrected chi connectivity index (χ4v) is 2.99. The maximum absolute atomic E-state index is 12.1. The molecule has 0 saturated heterocycles. The minimum atomic E-state index is -0.355. The molecule has 110 valence electrons. The third-order valence-corrected chi connectivity index (χ3v) is 4.14. The van der Waals surface area contributed by atoms with Crippen LogP contribution in [-0.4, -0.2) is 21.5 Å². The normalized spacial score (nSPS) is 17.1. The molecule has 1 aliphatic carbocycles. The summed E-state index contributed by atoms with van der Waals surface area (Å²) >= 11 is 0. The van der Waals surface area contributed by atoms with Crippen molar-refractivity contribution in [2.45, 2.75) is 59.0 Å². The molecule has 2 rings (SSSR count). The van der Waals surface area contributed by atoms with Gasteiger partial charge in [-0.1, -0.05) is 12.8 Å². The second-order valence-corrected chi connectivity index (χ2v) is 5.81. The number of nitrogens with one attached hydrogen (secondary N) is 1. The summed E-state index contributed by atoms with van der Waals surface area (Å²) in [6, 6.07) is 1.99. The molecule has 1 amide bonds. The monoisotopic (exact) mass is 277 g/mol. The molecule has 1 aromatic heterocycles. The molecule has 0 aromatic carbocycles. The van der Waals surface area contributed by atoms with Crippen molar-refractivity contribution in [3.63, 3.8) is 0 Å². The van der Waals surface area contributed by atoms with E-state index in [1.54, 1.807) is 6.92 Å². The molecule has 1 N–H and O–H groups in total. The van der Waals surface area contributed by atoms with Gasteiger partial charge in [-0.15, -0.1) is 0 Å². The van der Waals surface area contributed by atoms with E-state index < -0.39 is 0 Å². The predicted octanol–water partition coefficient (Wildman–Crippen LogP) is 1.56. The molecule has 1 saturated carbocycles. The average molecular weight is 277 g/mol. The van der Waals surface area contributed by atoms with Gasteiger partial charge >= 0.3 is 5.69 Å². The Morgan fingerprint density at radius 2 is 2.10 bits per heavy atom. The molecule has 0 unspecified atom stereocenters. The molecular formula is C15H23N3O2. The van der Waals surface area contributed by atoms with E-state index in [2.05, 4.69) is 17.2 Å². The van der Waals surface area contributed by atoms with Gasteiger partial charge in [-0.3, -0.25) is 9.36 Å². The standard InChI is InChI=1S/C15H23N3O2/c1-10-8-11(2)18(15(20)16-10)9-14(19)17-12(3)13-6-4-5-7-13/h8,12-13H,4-7,9H2,1-3H3,(H,17,19)/t12-/m1/s1. The Morgan fingerprint density at radius 3 is 2.70 bits per heavy atom. The summed E-state index contributed by atoms with van der Waals surface area (Å²) in [6.07, 6.45) is 4.88. The van der Waals surface area contributed by atoms with Crippen LogP contribution in [0.3, 0.4) is 0 Å². The maximum atomic E-state index is 12.1. The van der Waals surface area contributed by atoms with Gasteiger partial charge in [-0.05, 0) is 45.6 Å². The van der Waals surface area contributed by atoms with Gasteiger partial charge < -0.3 is 5.32 Å². The lowest BCUT2D eigenvalue weighted by Gasteiger charge is -2.20. The van der Waals surface area contributed by atoms with Gasteiger partial charge in [0.15, 0.2) is 0 Å². The van der Waals surface area contributed by atoms with Crippen molar-refractivity contribution in [3.8, 4) is 0 Å². The van der Waals surface area contributed by atoms with Gasteiger partial charge in [0.05, 0.1) is 0 Å². The predicted molar refractivity (Wildman–Crippen MR) is 77.5 cm³/mol. The lowest BCUT2D eigenvalue weighted by atomic mass is 10.00. The molecule has 1 atom stereocenters. The van der Waals surface area contributed by atoms with Crippen molar-refractivity contribution in [1.82, 2.24) is 14.9 Å². The number of carbonyl (C=O) groups excluding carboxylic acids is 1. The van der Waals surface area contributed by atoms with Crippen LogP contribution in [0, 0.1) is 19.8 Å². The van der Waals surface area contributed by atoms with Crippen LogP contribution in [0.4, 0.5) is 0 Å². The SMILES string of the molecule is Cc1cc(C)n(CC(=O)N[C@H](C)C2CCCC2)c(=O)n1. The van der Waals surface area contributed by atoms with E-state index >= 15 is 0 Å². The number of amides is 1. The first-order valence-electron chi connectivity index (χ1n) is 7.32. The zero-order valence-corrected chi connectivity index (χ0v) is 12.5. The fraction of sp³-hybridized carbons (Fsp3) is 0.667. The van der Waals surface area contributed by atoms with Crippen LogP contribution in [0.25, 0.3) is 0 Å². The summed E-state index contributed by atoms with van der Waals surface area (Å²) in [7, 11) is 0. The summed E-state index contributed by atoms with van der Waals surface area (Å²) in [6.45, 7) is 5.71. The molecule has 0 radical (unpaired) electrons. The molecule has 1 aliphatic rings. The largest absolute Gasteiger partial charge is 0.352 e. The van der Waals surface area contributed by atoms with Crippen molar-refractivity contribution in [3.05, 3.63) is 27.9 Å². The number of nitrogens with zero attached hydrogens (tertiary/aromatic N) is 2. The Bertz CT molecular complexity index is 545. The summed E-state index contributed by atoms with van der Waals surface area (Å²) in [5.41, 5.74) is 1.10. The molecule has 20 heavy (non-hydrogen) atoms. The van der Waals surface area contributed by atoms with Crippen LogP contribution in [0.5, 0.6) is 0 Å². The third kappa shape index (κ3) is 3.46. The lowest BCUT2D eigenvalue weighted by Crippen LogP contribution is -2.41. The maximum Gasteiger partial charge on any atom is 0.348 e. The summed E-state index contributed by atoms with van der Waals surface area (Å²) < 4.78 is 1.42. The quantitative estimate of drug-likeness (QED) is 0.908. The van der Waals surface area contributed by atoms with E-state index in [-0.39, 0.29) is 24.2 Å². The third-order valence-electron chi connectivity index (χ3n) is 4.14. The first-order valence-corrected chi connectivity index (χ1v) is 7.32. The van der Waals surface area contributed by atoms with Gasteiger partial charge in [-0.2, -0.15) is 4.98 Å². The lowest BCUT2D eigenvalue weighted by molar-refractivity contribution is -0.122. The molecule has 0 bridgehead atoms. The van der Waals surface area contributed by atoms with Crippen molar-refractivity contribution >= 4 is 5.91 Å². The first kappa shape index (κ1) is 14.8. The molecule has 5 heteroatoms. The molecule has 0 aliphatic heterocycles. The Kier molecular flexibility index (Phi) is 4.57. The number of aromatic nitrogens is 2. The fourth-order valence-electron chi connectivity index (χ4n) is 2.99. The molecule has 0 spiro atoms. The van der Waals surface area contributed by atoms with Crippen LogP contribution in [0.2, 0.25) is 0 Å². The van der Waals surface area contributed by atoms with Crippen LogP contribution < -0.4 is 11.0 Å². The van der Waals surface area contributed by atoms with E-state index in [4.69, 9.17) is 0 Å². The Labute approximate surface area is 119 Å².